The minimum Gasteiger partial charge on any atom is -0.356 e. The Hall–Kier alpha value is -1.43. The highest BCUT2D eigenvalue weighted by Crippen LogP contribution is 1.89. The first-order valence-electron chi connectivity index (χ1n) is 5.55. The Balaban J connectivity index is 2.05. The van der Waals surface area contributed by atoms with Crippen molar-refractivity contribution in [3.05, 3.63) is 11.9 Å². The number of hydrogen-bond acceptors (Lipinski definition) is 4. The second-order valence-electron chi connectivity index (χ2n) is 3.66. The third kappa shape index (κ3) is 4.88. The SMILES string of the molecule is CCCNC(=O)CCNCc1cn(C)nn1. The maximum atomic E-state index is 11.2. The van der Waals surface area contributed by atoms with E-state index in [1.807, 2.05) is 20.2 Å². The van der Waals surface area contributed by atoms with Crippen molar-refractivity contribution < 1.29 is 4.79 Å². The van der Waals surface area contributed by atoms with Gasteiger partial charge in [0.15, 0.2) is 0 Å². The molecule has 0 aliphatic heterocycles. The van der Waals surface area contributed by atoms with E-state index in [1.54, 1.807) is 4.68 Å². The van der Waals surface area contributed by atoms with Gasteiger partial charge in [-0.3, -0.25) is 9.48 Å². The smallest absolute Gasteiger partial charge is 0.221 e. The summed E-state index contributed by atoms with van der Waals surface area (Å²) in [5, 5.41) is 13.7. The Labute approximate surface area is 95.4 Å². The number of aromatic nitrogens is 3. The number of carbonyl (C=O) groups excluding carboxylic acids is 1. The molecule has 1 aromatic heterocycles. The van der Waals surface area contributed by atoms with Crippen LogP contribution in [0.5, 0.6) is 0 Å². The van der Waals surface area contributed by atoms with Gasteiger partial charge in [0.2, 0.25) is 5.91 Å². The van der Waals surface area contributed by atoms with E-state index in [-0.39, 0.29) is 5.91 Å². The molecule has 6 heteroatoms. The third-order valence-electron chi connectivity index (χ3n) is 2.06. The third-order valence-corrected chi connectivity index (χ3v) is 2.06. The van der Waals surface area contributed by atoms with Crippen LogP contribution in [0.3, 0.4) is 0 Å². The molecule has 6 nitrogen and oxygen atoms in total. The maximum absolute atomic E-state index is 11.2. The Morgan fingerprint density at radius 2 is 2.31 bits per heavy atom. The molecule has 0 saturated carbocycles. The van der Waals surface area contributed by atoms with Gasteiger partial charge in [-0.2, -0.15) is 0 Å². The summed E-state index contributed by atoms with van der Waals surface area (Å²) < 4.78 is 1.66. The second kappa shape index (κ2) is 6.95. The molecule has 1 aromatic rings. The van der Waals surface area contributed by atoms with Crippen molar-refractivity contribution in [1.29, 1.82) is 0 Å². The van der Waals surface area contributed by atoms with Gasteiger partial charge in [0, 0.05) is 39.3 Å². The van der Waals surface area contributed by atoms with E-state index in [2.05, 4.69) is 20.9 Å². The highest BCUT2D eigenvalue weighted by molar-refractivity contribution is 5.75. The van der Waals surface area contributed by atoms with E-state index in [0.29, 0.717) is 19.5 Å². The van der Waals surface area contributed by atoms with Gasteiger partial charge in [-0.15, -0.1) is 5.10 Å². The van der Waals surface area contributed by atoms with Gasteiger partial charge in [-0.25, -0.2) is 0 Å². The summed E-state index contributed by atoms with van der Waals surface area (Å²) in [6.07, 6.45) is 3.32. The van der Waals surface area contributed by atoms with Crippen molar-refractivity contribution in [2.75, 3.05) is 13.1 Å². The van der Waals surface area contributed by atoms with Crippen LogP contribution in [0.1, 0.15) is 25.5 Å². The Kier molecular flexibility index (Phi) is 5.49. The Bertz CT molecular complexity index is 323. The largest absolute Gasteiger partial charge is 0.356 e. The van der Waals surface area contributed by atoms with Gasteiger partial charge < -0.3 is 10.6 Å². The Morgan fingerprint density at radius 3 is 2.94 bits per heavy atom. The lowest BCUT2D eigenvalue weighted by Gasteiger charge is -2.03. The first-order valence-corrected chi connectivity index (χ1v) is 5.55. The monoisotopic (exact) mass is 225 g/mol. The van der Waals surface area contributed by atoms with Crippen molar-refractivity contribution in [1.82, 2.24) is 25.6 Å². The fourth-order valence-corrected chi connectivity index (χ4v) is 1.25. The quantitative estimate of drug-likeness (QED) is 0.632. The van der Waals surface area contributed by atoms with Crippen molar-refractivity contribution in [3.63, 3.8) is 0 Å². The minimum absolute atomic E-state index is 0.0912. The maximum Gasteiger partial charge on any atom is 0.221 e. The zero-order chi connectivity index (χ0) is 11.8. The standard InChI is InChI=1S/C10H19N5O/c1-3-5-12-10(16)4-6-11-7-9-8-15(2)14-13-9/h8,11H,3-7H2,1-2H3,(H,12,16). The predicted octanol–water partition coefficient (Wildman–Crippen LogP) is -0.179. The number of aryl methyl sites for hydroxylation is 1. The predicted molar refractivity (Wildman–Crippen MR) is 60.6 cm³/mol. The normalized spacial score (nSPS) is 10.4. The molecule has 0 atom stereocenters. The summed E-state index contributed by atoms with van der Waals surface area (Å²) in [7, 11) is 1.83. The summed E-state index contributed by atoms with van der Waals surface area (Å²) in [5.74, 6) is 0.0912. The van der Waals surface area contributed by atoms with Crippen molar-refractivity contribution in [2.45, 2.75) is 26.3 Å². The first kappa shape index (κ1) is 12.6. The fourth-order valence-electron chi connectivity index (χ4n) is 1.25. The second-order valence-corrected chi connectivity index (χ2v) is 3.66. The highest BCUT2D eigenvalue weighted by Gasteiger charge is 2.00. The molecule has 0 fully saturated rings. The number of nitrogens with zero attached hydrogens (tertiary/aromatic N) is 3. The molecule has 0 unspecified atom stereocenters. The molecular weight excluding hydrogens is 206 g/mol. The summed E-state index contributed by atoms with van der Waals surface area (Å²) in [4.78, 5) is 11.2. The highest BCUT2D eigenvalue weighted by atomic mass is 16.1. The van der Waals surface area contributed by atoms with Crippen LogP contribution in [0.4, 0.5) is 0 Å². The van der Waals surface area contributed by atoms with E-state index in [0.717, 1.165) is 18.7 Å². The number of carbonyl (C=O) groups is 1. The van der Waals surface area contributed by atoms with Crippen LogP contribution < -0.4 is 10.6 Å². The summed E-state index contributed by atoms with van der Waals surface area (Å²) in [6.45, 7) is 4.09. The van der Waals surface area contributed by atoms with Gasteiger partial charge in [-0.1, -0.05) is 12.1 Å². The van der Waals surface area contributed by atoms with Gasteiger partial charge in [0.1, 0.15) is 0 Å². The molecule has 1 amide bonds. The molecule has 1 rings (SSSR count). The number of amides is 1. The summed E-state index contributed by atoms with van der Waals surface area (Å²) in [5.41, 5.74) is 0.886. The van der Waals surface area contributed by atoms with E-state index in [1.165, 1.54) is 0 Å². The van der Waals surface area contributed by atoms with Crippen molar-refractivity contribution in [2.24, 2.45) is 7.05 Å². The zero-order valence-corrected chi connectivity index (χ0v) is 9.86. The van der Waals surface area contributed by atoms with Gasteiger partial charge >= 0.3 is 0 Å². The molecule has 16 heavy (non-hydrogen) atoms. The zero-order valence-electron chi connectivity index (χ0n) is 9.86. The van der Waals surface area contributed by atoms with E-state index in [4.69, 9.17) is 0 Å². The number of hydrogen-bond donors (Lipinski definition) is 2. The fraction of sp³-hybridized carbons (Fsp3) is 0.700. The Morgan fingerprint density at radius 1 is 1.50 bits per heavy atom. The van der Waals surface area contributed by atoms with Crippen LogP contribution >= 0.6 is 0 Å². The lowest BCUT2D eigenvalue weighted by molar-refractivity contribution is -0.120. The van der Waals surface area contributed by atoms with Crippen LogP contribution in [-0.4, -0.2) is 34.0 Å². The average Bonchev–Trinajstić information content (AvgIpc) is 2.67. The van der Waals surface area contributed by atoms with Crippen LogP contribution in [0.2, 0.25) is 0 Å². The van der Waals surface area contributed by atoms with Crippen LogP contribution in [0, 0.1) is 0 Å². The molecule has 1 heterocycles. The van der Waals surface area contributed by atoms with Crippen molar-refractivity contribution in [3.8, 4) is 0 Å². The molecular formula is C10H19N5O. The molecule has 0 aromatic carbocycles. The molecule has 0 aliphatic carbocycles. The number of rotatable bonds is 7. The molecule has 0 radical (unpaired) electrons. The molecule has 0 saturated heterocycles. The lowest BCUT2D eigenvalue weighted by Crippen LogP contribution is -2.28. The van der Waals surface area contributed by atoms with E-state index in [9.17, 15) is 4.79 Å². The summed E-state index contributed by atoms with van der Waals surface area (Å²) in [6, 6.07) is 0. The van der Waals surface area contributed by atoms with Crippen LogP contribution in [-0.2, 0) is 18.4 Å². The lowest BCUT2D eigenvalue weighted by atomic mass is 10.3. The number of nitrogens with one attached hydrogen (secondary N) is 2. The van der Waals surface area contributed by atoms with Gasteiger partial charge in [0.25, 0.3) is 0 Å². The van der Waals surface area contributed by atoms with Crippen LogP contribution in [0.15, 0.2) is 6.20 Å². The molecule has 90 valence electrons. The first-order chi connectivity index (χ1) is 7.72. The average molecular weight is 225 g/mol. The van der Waals surface area contributed by atoms with Gasteiger partial charge in [0.05, 0.1) is 5.69 Å². The molecule has 0 bridgehead atoms. The minimum atomic E-state index is 0.0912. The molecule has 0 spiro atoms. The van der Waals surface area contributed by atoms with E-state index >= 15 is 0 Å². The molecule has 0 aliphatic rings. The van der Waals surface area contributed by atoms with E-state index < -0.39 is 0 Å². The summed E-state index contributed by atoms with van der Waals surface area (Å²) >= 11 is 0. The van der Waals surface area contributed by atoms with Crippen LogP contribution in [0.25, 0.3) is 0 Å². The molecule has 2 N–H and O–H groups in total. The van der Waals surface area contributed by atoms with Crippen molar-refractivity contribution >= 4 is 5.91 Å². The van der Waals surface area contributed by atoms with Gasteiger partial charge in [-0.05, 0) is 6.42 Å². The topological polar surface area (TPSA) is 71.8 Å².